The second-order valence-corrected chi connectivity index (χ2v) is 4.83. The van der Waals surface area contributed by atoms with Crippen LogP contribution in [0.2, 0.25) is 0 Å². The molecule has 0 aliphatic rings. The molecule has 0 bridgehead atoms. The van der Waals surface area contributed by atoms with Crippen LogP contribution in [0.1, 0.15) is 26.7 Å². The van der Waals surface area contributed by atoms with Gasteiger partial charge in [-0.3, -0.25) is 9.89 Å². The number of aromatic nitrogens is 4. The Kier molecular flexibility index (Phi) is 4.91. The molecule has 0 fully saturated rings. The monoisotopic (exact) mass is 291 g/mol. The van der Waals surface area contributed by atoms with Gasteiger partial charge in [0.2, 0.25) is 11.9 Å². The first-order chi connectivity index (χ1) is 10.1. The molecular formula is C13H21N7O. The van der Waals surface area contributed by atoms with Crippen LogP contribution in [0.15, 0.2) is 6.20 Å². The fourth-order valence-corrected chi connectivity index (χ4v) is 1.82. The second kappa shape index (κ2) is 6.87. The van der Waals surface area contributed by atoms with Crippen molar-refractivity contribution in [1.82, 2.24) is 25.5 Å². The molecular weight excluding hydrogens is 270 g/mol. The van der Waals surface area contributed by atoms with Gasteiger partial charge in [-0.25, -0.2) is 0 Å². The van der Waals surface area contributed by atoms with E-state index >= 15 is 0 Å². The average Bonchev–Trinajstić information content (AvgIpc) is 2.95. The smallest absolute Gasteiger partial charge is 0.226 e. The summed E-state index contributed by atoms with van der Waals surface area (Å²) < 4.78 is 0. The highest BCUT2D eigenvalue weighted by atomic mass is 16.1. The molecule has 2 rings (SSSR count). The summed E-state index contributed by atoms with van der Waals surface area (Å²) >= 11 is 0. The number of hydrogen-bond acceptors (Lipinski definition) is 6. The van der Waals surface area contributed by atoms with E-state index in [9.17, 15) is 4.79 Å². The predicted molar refractivity (Wildman–Crippen MR) is 82.2 cm³/mol. The van der Waals surface area contributed by atoms with E-state index in [1.165, 1.54) is 0 Å². The van der Waals surface area contributed by atoms with Gasteiger partial charge in [-0.05, 0) is 13.3 Å². The van der Waals surface area contributed by atoms with Gasteiger partial charge < -0.3 is 16.0 Å². The number of fused-ring (bicyclic) bond motifs is 1. The molecule has 1 atom stereocenters. The van der Waals surface area contributed by atoms with E-state index < -0.39 is 0 Å². The predicted octanol–water partition coefficient (Wildman–Crippen LogP) is 1.11. The van der Waals surface area contributed by atoms with E-state index in [2.05, 4.69) is 36.1 Å². The SMILES string of the molecule is CCC(C)NC(=O)CCNc1nc(NC)nc2[nH]ncc12. The quantitative estimate of drug-likeness (QED) is 0.608. The van der Waals surface area contributed by atoms with Gasteiger partial charge in [0, 0.05) is 26.1 Å². The lowest BCUT2D eigenvalue weighted by molar-refractivity contribution is -0.121. The third-order valence-electron chi connectivity index (χ3n) is 3.20. The molecule has 1 amide bonds. The third-order valence-corrected chi connectivity index (χ3v) is 3.20. The molecule has 114 valence electrons. The van der Waals surface area contributed by atoms with Crippen molar-refractivity contribution in [1.29, 1.82) is 0 Å². The number of anilines is 2. The highest BCUT2D eigenvalue weighted by Crippen LogP contribution is 2.19. The topological polar surface area (TPSA) is 108 Å². The Bertz CT molecular complexity index is 610. The molecule has 0 saturated carbocycles. The number of hydrogen-bond donors (Lipinski definition) is 4. The van der Waals surface area contributed by atoms with Crippen LogP contribution in [0, 0.1) is 0 Å². The highest BCUT2D eigenvalue weighted by Gasteiger charge is 2.10. The number of rotatable bonds is 7. The minimum absolute atomic E-state index is 0.0307. The average molecular weight is 291 g/mol. The molecule has 0 radical (unpaired) electrons. The van der Waals surface area contributed by atoms with E-state index in [1.807, 2.05) is 13.8 Å². The molecule has 0 aliphatic heterocycles. The van der Waals surface area contributed by atoms with Crippen molar-refractivity contribution < 1.29 is 4.79 Å². The van der Waals surface area contributed by atoms with Crippen LogP contribution in [0.3, 0.4) is 0 Å². The van der Waals surface area contributed by atoms with E-state index in [-0.39, 0.29) is 11.9 Å². The largest absolute Gasteiger partial charge is 0.369 e. The van der Waals surface area contributed by atoms with Crippen LogP contribution in [0.25, 0.3) is 11.0 Å². The Hall–Kier alpha value is -2.38. The van der Waals surface area contributed by atoms with Crippen molar-refractivity contribution in [3.05, 3.63) is 6.20 Å². The normalized spacial score (nSPS) is 12.1. The lowest BCUT2D eigenvalue weighted by atomic mass is 10.2. The summed E-state index contributed by atoms with van der Waals surface area (Å²) in [6.07, 6.45) is 2.98. The van der Waals surface area contributed by atoms with Crippen molar-refractivity contribution in [3.63, 3.8) is 0 Å². The first kappa shape index (κ1) is 15.0. The summed E-state index contributed by atoms with van der Waals surface area (Å²) in [7, 11) is 1.75. The Labute approximate surface area is 123 Å². The van der Waals surface area contributed by atoms with Crippen molar-refractivity contribution in [3.8, 4) is 0 Å². The molecule has 0 saturated heterocycles. The fourth-order valence-electron chi connectivity index (χ4n) is 1.82. The molecule has 0 aliphatic carbocycles. The highest BCUT2D eigenvalue weighted by molar-refractivity contribution is 5.87. The molecule has 2 aromatic heterocycles. The first-order valence-electron chi connectivity index (χ1n) is 7.06. The van der Waals surface area contributed by atoms with Crippen molar-refractivity contribution in [2.24, 2.45) is 0 Å². The van der Waals surface area contributed by atoms with E-state index in [4.69, 9.17) is 0 Å². The minimum atomic E-state index is 0.0307. The molecule has 4 N–H and O–H groups in total. The van der Waals surface area contributed by atoms with Gasteiger partial charge in [-0.15, -0.1) is 0 Å². The van der Waals surface area contributed by atoms with E-state index in [0.29, 0.717) is 30.4 Å². The zero-order valence-corrected chi connectivity index (χ0v) is 12.5. The Morgan fingerprint density at radius 3 is 2.95 bits per heavy atom. The lowest BCUT2D eigenvalue weighted by Gasteiger charge is -2.12. The zero-order chi connectivity index (χ0) is 15.2. The second-order valence-electron chi connectivity index (χ2n) is 4.83. The number of aromatic amines is 1. The van der Waals surface area contributed by atoms with Gasteiger partial charge in [0.25, 0.3) is 0 Å². The number of nitrogens with one attached hydrogen (secondary N) is 4. The molecule has 1 unspecified atom stereocenters. The third kappa shape index (κ3) is 3.80. The molecule has 2 heterocycles. The van der Waals surface area contributed by atoms with Gasteiger partial charge in [0.15, 0.2) is 5.65 Å². The molecule has 2 aromatic rings. The minimum Gasteiger partial charge on any atom is -0.369 e. The summed E-state index contributed by atoms with van der Waals surface area (Å²) in [5.74, 6) is 1.19. The van der Waals surface area contributed by atoms with Crippen LogP contribution in [-0.4, -0.2) is 45.7 Å². The van der Waals surface area contributed by atoms with Gasteiger partial charge in [-0.2, -0.15) is 15.1 Å². The van der Waals surface area contributed by atoms with Gasteiger partial charge in [0.05, 0.1) is 11.6 Å². The Morgan fingerprint density at radius 1 is 1.43 bits per heavy atom. The standard InChI is InChI=1S/C13H21N7O/c1-4-8(2)17-10(21)5-6-15-11-9-7-16-20-12(9)19-13(14-3)18-11/h7-8H,4-6H2,1-3H3,(H,17,21)(H3,14,15,16,18,19,20). The van der Waals surface area contributed by atoms with Gasteiger partial charge in [0.1, 0.15) is 5.82 Å². The van der Waals surface area contributed by atoms with E-state index in [0.717, 1.165) is 11.8 Å². The summed E-state index contributed by atoms with van der Waals surface area (Å²) in [4.78, 5) is 20.3. The Balaban J connectivity index is 1.97. The molecule has 0 spiro atoms. The maximum absolute atomic E-state index is 11.7. The molecule has 8 nitrogen and oxygen atoms in total. The van der Waals surface area contributed by atoms with Crippen molar-refractivity contribution in [2.45, 2.75) is 32.7 Å². The number of carbonyl (C=O) groups excluding carboxylic acids is 1. The molecule has 8 heteroatoms. The van der Waals surface area contributed by atoms with Crippen LogP contribution >= 0.6 is 0 Å². The van der Waals surface area contributed by atoms with Crippen molar-refractivity contribution >= 4 is 28.7 Å². The summed E-state index contributed by atoms with van der Waals surface area (Å²) in [6.45, 7) is 4.53. The molecule has 21 heavy (non-hydrogen) atoms. The fraction of sp³-hybridized carbons (Fsp3) is 0.538. The van der Waals surface area contributed by atoms with Crippen LogP contribution in [0.5, 0.6) is 0 Å². The maximum atomic E-state index is 11.7. The van der Waals surface area contributed by atoms with Crippen molar-refractivity contribution in [2.75, 3.05) is 24.2 Å². The molecule has 0 aromatic carbocycles. The summed E-state index contributed by atoms with van der Waals surface area (Å²) in [5, 5.41) is 16.5. The maximum Gasteiger partial charge on any atom is 0.226 e. The van der Waals surface area contributed by atoms with Gasteiger partial charge >= 0.3 is 0 Å². The number of nitrogens with zero attached hydrogens (tertiary/aromatic N) is 3. The summed E-state index contributed by atoms with van der Waals surface area (Å²) in [6, 6.07) is 0.202. The Morgan fingerprint density at radius 2 is 2.24 bits per heavy atom. The lowest BCUT2D eigenvalue weighted by Crippen LogP contribution is -2.33. The summed E-state index contributed by atoms with van der Waals surface area (Å²) in [5.41, 5.74) is 0.654. The van der Waals surface area contributed by atoms with E-state index in [1.54, 1.807) is 13.2 Å². The number of H-pyrrole nitrogens is 1. The zero-order valence-electron chi connectivity index (χ0n) is 12.5. The van der Waals surface area contributed by atoms with Gasteiger partial charge in [-0.1, -0.05) is 6.92 Å². The van der Waals surface area contributed by atoms with Crippen LogP contribution in [0.4, 0.5) is 11.8 Å². The first-order valence-corrected chi connectivity index (χ1v) is 7.06. The number of amides is 1. The van der Waals surface area contributed by atoms with Crippen LogP contribution in [-0.2, 0) is 4.79 Å². The van der Waals surface area contributed by atoms with Crippen LogP contribution < -0.4 is 16.0 Å². The number of carbonyl (C=O) groups is 1.